The number of non-ortho nitro benzene ring substituents is 1. The quantitative estimate of drug-likeness (QED) is 0.331. The summed E-state index contributed by atoms with van der Waals surface area (Å²) in [6, 6.07) is 12.9. The molecule has 8 nitrogen and oxygen atoms in total. The minimum atomic E-state index is -0.734. The van der Waals surface area contributed by atoms with Gasteiger partial charge in [0.15, 0.2) is 5.16 Å². The zero-order valence-electron chi connectivity index (χ0n) is 15.8. The highest BCUT2D eigenvalue weighted by molar-refractivity contribution is 7.99. The molecule has 1 saturated carbocycles. The lowest BCUT2D eigenvalue weighted by molar-refractivity contribution is -0.384. The number of nitro groups is 1. The molecule has 0 aliphatic heterocycles. The molecule has 0 saturated heterocycles. The Labute approximate surface area is 175 Å². The molecule has 0 unspecified atom stereocenters. The first kappa shape index (κ1) is 20.0. The Bertz CT molecular complexity index is 1090. The van der Waals surface area contributed by atoms with E-state index in [4.69, 9.17) is 0 Å². The molecule has 1 amide bonds. The lowest BCUT2D eigenvalue weighted by atomic mass is 10.2. The summed E-state index contributed by atoms with van der Waals surface area (Å²) in [5, 5.41) is 22.4. The third-order valence-electron chi connectivity index (χ3n) is 4.64. The third kappa shape index (κ3) is 4.65. The second-order valence-corrected chi connectivity index (χ2v) is 7.89. The predicted molar refractivity (Wildman–Crippen MR) is 110 cm³/mol. The lowest BCUT2D eigenvalue weighted by Crippen LogP contribution is -2.16. The van der Waals surface area contributed by atoms with E-state index in [2.05, 4.69) is 15.5 Å². The summed E-state index contributed by atoms with van der Waals surface area (Å²) < 4.78 is 15.9. The van der Waals surface area contributed by atoms with Crippen LogP contribution in [-0.2, 0) is 11.3 Å². The van der Waals surface area contributed by atoms with Gasteiger partial charge in [-0.2, -0.15) is 0 Å². The van der Waals surface area contributed by atoms with Gasteiger partial charge in [0.25, 0.3) is 5.69 Å². The number of benzene rings is 2. The first-order valence-corrected chi connectivity index (χ1v) is 10.3. The molecule has 1 aliphatic carbocycles. The first-order chi connectivity index (χ1) is 14.5. The fraction of sp³-hybridized carbons (Fsp3) is 0.250. The van der Waals surface area contributed by atoms with E-state index in [0.717, 1.165) is 42.4 Å². The number of anilines is 1. The van der Waals surface area contributed by atoms with Gasteiger partial charge in [0.2, 0.25) is 5.91 Å². The summed E-state index contributed by atoms with van der Waals surface area (Å²) in [5.74, 6) is 0.0541. The van der Waals surface area contributed by atoms with Crippen LogP contribution in [0.15, 0.2) is 53.7 Å². The number of nitrogens with one attached hydrogen (secondary N) is 1. The van der Waals surface area contributed by atoms with Crippen molar-refractivity contribution in [1.29, 1.82) is 0 Å². The first-order valence-electron chi connectivity index (χ1n) is 9.35. The maximum Gasteiger partial charge on any atom is 0.271 e. The molecule has 0 spiro atoms. The lowest BCUT2D eigenvalue weighted by Gasteiger charge is -2.10. The van der Waals surface area contributed by atoms with E-state index >= 15 is 0 Å². The maximum atomic E-state index is 13.9. The Morgan fingerprint density at radius 2 is 2.00 bits per heavy atom. The van der Waals surface area contributed by atoms with E-state index < -0.39 is 16.6 Å². The van der Waals surface area contributed by atoms with Crippen molar-refractivity contribution >= 4 is 29.0 Å². The van der Waals surface area contributed by atoms with Crippen molar-refractivity contribution in [2.45, 2.75) is 30.5 Å². The number of carbonyl (C=O) groups excluding carboxylic acids is 1. The number of carbonyl (C=O) groups is 1. The molecule has 1 N–H and O–H groups in total. The molecule has 1 aliphatic rings. The highest BCUT2D eigenvalue weighted by atomic mass is 32.2. The summed E-state index contributed by atoms with van der Waals surface area (Å²) in [4.78, 5) is 22.5. The molecule has 154 valence electrons. The number of halogens is 1. The Morgan fingerprint density at radius 3 is 2.70 bits per heavy atom. The molecule has 3 aromatic rings. The van der Waals surface area contributed by atoms with Crippen molar-refractivity contribution in [3.8, 4) is 0 Å². The van der Waals surface area contributed by atoms with Crippen molar-refractivity contribution in [1.82, 2.24) is 14.8 Å². The number of amides is 1. The van der Waals surface area contributed by atoms with Gasteiger partial charge in [-0.25, -0.2) is 4.39 Å². The van der Waals surface area contributed by atoms with Crippen molar-refractivity contribution < 1.29 is 14.1 Å². The molecule has 30 heavy (non-hydrogen) atoms. The van der Waals surface area contributed by atoms with E-state index in [-0.39, 0.29) is 17.1 Å². The molecule has 1 heterocycles. The van der Waals surface area contributed by atoms with Crippen LogP contribution in [0.5, 0.6) is 0 Å². The number of rotatable bonds is 8. The monoisotopic (exact) mass is 427 g/mol. The largest absolute Gasteiger partial charge is 0.323 e. The van der Waals surface area contributed by atoms with E-state index in [9.17, 15) is 19.3 Å². The van der Waals surface area contributed by atoms with Gasteiger partial charge in [-0.15, -0.1) is 10.2 Å². The number of hydrogen-bond acceptors (Lipinski definition) is 6. The molecule has 1 aromatic heterocycles. The third-order valence-corrected chi connectivity index (χ3v) is 5.61. The molecule has 0 radical (unpaired) electrons. The Morgan fingerprint density at radius 1 is 1.23 bits per heavy atom. The number of nitro benzene ring substituents is 1. The molecule has 1 fully saturated rings. The number of nitrogens with zero attached hydrogens (tertiary/aromatic N) is 4. The smallest absolute Gasteiger partial charge is 0.271 e. The molecular weight excluding hydrogens is 409 g/mol. The second-order valence-electron chi connectivity index (χ2n) is 6.94. The summed E-state index contributed by atoms with van der Waals surface area (Å²) in [7, 11) is 0. The average Bonchev–Trinajstić information content (AvgIpc) is 3.50. The van der Waals surface area contributed by atoms with E-state index in [1.165, 1.54) is 11.8 Å². The summed E-state index contributed by atoms with van der Waals surface area (Å²) >= 11 is 1.20. The summed E-state index contributed by atoms with van der Waals surface area (Å²) in [6.07, 6.45) is 2.15. The molecule has 0 atom stereocenters. The summed E-state index contributed by atoms with van der Waals surface area (Å²) in [5.41, 5.74) is 0.583. The highest BCUT2D eigenvalue weighted by Gasteiger charge is 2.30. The van der Waals surface area contributed by atoms with Crippen molar-refractivity contribution in [2.24, 2.45) is 0 Å². The summed E-state index contributed by atoms with van der Waals surface area (Å²) in [6.45, 7) is 0.600. The number of thioether (sulfide) groups is 1. The molecular formula is C20H18FN5O3S. The highest BCUT2D eigenvalue weighted by Crippen LogP contribution is 2.40. The Balaban J connectivity index is 1.45. The van der Waals surface area contributed by atoms with Crippen molar-refractivity contribution in [3.63, 3.8) is 0 Å². The van der Waals surface area contributed by atoms with Crippen LogP contribution in [0, 0.1) is 15.9 Å². The zero-order valence-corrected chi connectivity index (χ0v) is 16.6. The van der Waals surface area contributed by atoms with Gasteiger partial charge in [0.05, 0.1) is 22.9 Å². The van der Waals surface area contributed by atoms with Gasteiger partial charge in [0, 0.05) is 18.1 Å². The van der Waals surface area contributed by atoms with Gasteiger partial charge in [0.1, 0.15) is 11.6 Å². The standard InChI is InChI=1S/C20H18FN5O3S/c21-16-9-8-15(26(28)29)10-17(16)22-18(27)12-30-20-24-23-19(14-6-7-14)25(20)11-13-4-2-1-3-5-13/h1-5,8-10,14H,6-7,11-12H2,(H,22,27). The van der Waals surface area contributed by atoms with E-state index in [0.29, 0.717) is 17.6 Å². The van der Waals surface area contributed by atoms with Crippen LogP contribution in [0.3, 0.4) is 0 Å². The van der Waals surface area contributed by atoms with Crippen LogP contribution in [0.25, 0.3) is 0 Å². The predicted octanol–water partition coefficient (Wildman–Crippen LogP) is 3.98. The van der Waals surface area contributed by atoms with Crippen LogP contribution >= 0.6 is 11.8 Å². The zero-order chi connectivity index (χ0) is 21.1. The van der Waals surface area contributed by atoms with Gasteiger partial charge in [-0.05, 0) is 24.5 Å². The van der Waals surface area contributed by atoms with Crippen molar-refractivity contribution in [2.75, 3.05) is 11.1 Å². The van der Waals surface area contributed by atoms with E-state index in [1.807, 2.05) is 34.9 Å². The molecule has 0 bridgehead atoms. The van der Waals surface area contributed by atoms with E-state index in [1.54, 1.807) is 0 Å². The number of aromatic nitrogens is 3. The van der Waals surface area contributed by atoms with Crippen LogP contribution in [0.2, 0.25) is 0 Å². The maximum absolute atomic E-state index is 13.9. The topological polar surface area (TPSA) is 103 Å². The SMILES string of the molecule is O=C(CSc1nnc(C2CC2)n1Cc1ccccc1)Nc1cc([N+](=O)[O-])ccc1F. The van der Waals surface area contributed by atoms with Crippen LogP contribution in [-0.4, -0.2) is 31.3 Å². The molecule has 2 aromatic carbocycles. The van der Waals surface area contributed by atoms with Crippen LogP contribution in [0.1, 0.15) is 30.1 Å². The fourth-order valence-corrected chi connectivity index (χ4v) is 3.75. The Hall–Kier alpha value is -3.27. The molecule has 4 rings (SSSR count). The van der Waals surface area contributed by atoms with Crippen LogP contribution in [0.4, 0.5) is 15.8 Å². The minimum Gasteiger partial charge on any atom is -0.323 e. The normalized spacial score (nSPS) is 13.2. The van der Waals surface area contributed by atoms with Crippen molar-refractivity contribution in [3.05, 3.63) is 75.9 Å². The fourth-order valence-electron chi connectivity index (χ4n) is 3.00. The van der Waals surface area contributed by atoms with Gasteiger partial charge < -0.3 is 9.88 Å². The number of hydrogen-bond donors (Lipinski definition) is 1. The second kappa shape index (κ2) is 8.62. The molecule has 10 heteroatoms. The Kier molecular flexibility index (Phi) is 5.75. The minimum absolute atomic E-state index is 0.0281. The van der Waals surface area contributed by atoms with Gasteiger partial charge in [-0.3, -0.25) is 14.9 Å². The average molecular weight is 427 g/mol. The van der Waals surface area contributed by atoms with Gasteiger partial charge >= 0.3 is 0 Å². The van der Waals surface area contributed by atoms with Gasteiger partial charge in [-0.1, -0.05) is 42.1 Å². The van der Waals surface area contributed by atoms with Crippen LogP contribution < -0.4 is 5.32 Å².